The SMILES string of the molecule is C=CC(=C)N(/C(C)=C(C)/C=N\C)c1cccc(C)[n+]1C. The second-order valence-corrected chi connectivity index (χ2v) is 4.77. The van der Waals surface area contributed by atoms with E-state index in [9.17, 15) is 0 Å². The maximum absolute atomic E-state index is 4.10. The first-order valence-electron chi connectivity index (χ1n) is 6.60. The average molecular weight is 270 g/mol. The standard InChI is InChI=1S/C17H24N3/c1-8-14(3)20(16(5)13(2)12-18-6)17-11-9-10-15(4)19(17)7/h8-12H,1,3H2,2,4-7H3/q+1/b16-13+,18-12-. The van der Waals surface area contributed by atoms with E-state index in [0.29, 0.717) is 0 Å². The fourth-order valence-electron chi connectivity index (χ4n) is 1.99. The molecule has 0 fully saturated rings. The van der Waals surface area contributed by atoms with Crippen molar-refractivity contribution in [1.29, 1.82) is 0 Å². The van der Waals surface area contributed by atoms with Crippen LogP contribution in [0.5, 0.6) is 0 Å². The number of aliphatic imine (C=N–C) groups is 1. The van der Waals surface area contributed by atoms with E-state index < -0.39 is 0 Å². The van der Waals surface area contributed by atoms with Crippen LogP contribution in [0.3, 0.4) is 0 Å². The molecule has 0 N–H and O–H groups in total. The predicted molar refractivity (Wildman–Crippen MR) is 87.0 cm³/mol. The Bertz CT molecular complexity index is 580. The van der Waals surface area contributed by atoms with E-state index in [4.69, 9.17) is 0 Å². The Morgan fingerprint density at radius 1 is 1.35 bits per heavy atom. The molecule has 0 aromatic carbocycles. The molecule has 0 amide bonds. The summed E-state index contributed by atoms with van der Waals surface area (Å²) in [7, 11) is 3.82. The average Bonchev–Trinajstić information content (AvgIpc) is 2.43. The van der Waals surface area contributed by atoms with Crippen molar-refractivity contribution in [2.45, 2.75) is 20.8 Å². The van der Waals surface area contributed by atoms with Crippen LogP contribution in [-0.2, 0) is 7.05 Å². The molecule has 0 aliphatic rings. The van der Waals surface area contributed by atoms with Gasteiger partial charge in [-0.1, -0.05) is 19.2 Å². The third kappa shape index (κ3) is 3.23. The Balaban J connectivity index is 3.49. The van der Waals surface area contributed by atoms with Gasteiger partial charge in [-0.3, -0.25) is 4.99 Å². The van der Waals surface area contributed by atoms with Crippen molar-refractivity contribution in [2.75, 3.05) is 11.9 Å². The Labute approximate surface area is 122 Å². The Hall–Kier alpha value is -2.16. The van der Waals surface area contributed by atoms with Crippen molar-refractivity contribution >= 4 is 12.0 Å². The van der Waals surface area contributed by atoms with Crippen LogP contribution in [0.1, 0.15) is 19.5 Å². The van der Waals surface area contributed by atoms with Crippen LogP contribution in [0.2, 0.25) is 0 Å². The predicted octanol–water partition coefficient (Wildman–Crippen LogP) is 3.32. The highest BCUT2D eigenvalue weighted by atomic mass is 15.2. The van der Waals surface area contributed by atoms with Gasteiger partial charge in [0.05, 0.1) is 7.05 Å². The van der Waals surface area contributed by atoms with Crippen LogP contribution in [0.15, 0.2) is 59.4 Å². The smallest absolute Gasteiger partial charge is 0.286 e. The van der Waals surface area contributed by atoms with E-state index in [1.165, 1.54) is 5.69 Å². The number of anilines is 1. The summed E-state index contributed by atoms with van der Waals surface area (Å²) in [5, 5.41) is 0. The highest BCUT2D eigenvalue weighted by molar-refractivity contribution is 5.80. The van der Waals surface area contributed by atoms with Crippen LogP contribution in [0, 0.1) is 6.92 Å². The first kappa shape index (κ1) is 15.9. The molecule has 20 heavy (non-hydrogen) atoms. The fraction of sp³-hybridized carbons (Fsp3) is 0.294. The number of aromatic nitrogens is 1. The van der Waals surface area contributed by atoms with Gasteiger partial charge in [0.1, 0.15) is 17.1 Å². The molecule has 0 spiro atoms. The molecule has 0 bridgehead atoms. The van der Waals surface area contributed by atoms with E-state index in [1.54, 1.807) is 13.1 Å². The van der Waals surface area contributed by atoms with Gasteiger partial charge in [0.2, 0.25) is 0 Å². The molecule has 1 aromatic rings. The zero-order valence-electron chi connectivity index (χ0n) is 13.1. The van der Waals surface area contributed by atoms with Crippen molar-refractivity contribution in [1.82, 2.24) is 0 Å². The maximum atomic E-state index is 4.10. The summed E-state index contributed by atoms with van der Waals surface area (Å²) in [6.07, 6.45) is 3.62. The molecule has 0 saturated heterocycles. The molecular weight excluding hydrogens is 246 g/mol. The van der Waals surface area contributed by atoms with Gasteiger partial charge in [-0.2, -0.15) is 4.90 Å². The first-order chi connectivity index (χ1) is 9.43. The summed E-state index contributed by atoms with van der Waals surface area (Å²) in [6, 6.07) is 6.20. The topological polar surface area (TPSA) is 19.5 Å². The van der Waals surface area contributed by atoms with Crippen LogP contribution in [-0.4, -0.2) is 13.3 Å². The van der Waals surface area contributed by atoms with Crippen molar-refractivity contribution in [2.24, 2.45) is 12.0 Å². The molecule has 0 radical (unpaired) electrons. The van der Waals surface area contributed by atoms with Gasteiger partial charge >= 0.3 is 0 Å². The van der Waals surface area contributed by atoms with E-state index in [-0.39, 0.29) is 0 Å². The number of hydrogen-bond acceptors (Lipinski definition) is 2. The van der Waals surface area contributed by atoms with Crippen molar-refractivity contribution in [3.8, 4) is 0 Å². The lowest BCUT2D eigenvalue weighted by Gasteiger charge is -2.20. The summed E-state index contributed by atoms with van der Waals surface area (Å²) < 4.78 is 2.13. The number of nitrogens with zero attached hydrogens (tertiary/aromatic N) is 3. The Morgan fingerprint density at radius 3 is 2.55 bits per heavy atom. The third-order valence-electron chi connectivity index (χ3n) is 3.44. The van der Waals surface area contributed by atoms with Crippen LogP contribution in [0.4, 0.5) is 5.82 Å². The Kier molecular flexibility index (Phi) is 5.44. The minimum atomic E-state index is 0.840. The van der Waals surface area contributed by atoms with Gasteiger partial charge in [-0.05, 0) is 32.9 Å². The minimum absolute atomic E-state index is 0.840. The zero-order chi connectivity index (χ0) is 15.3. The Morgan fingerprint density at radius 2 is 2.00 bits per heavy atom. The number of allylic oxidation sites excluding steroid dienone is 3. The van der Waals surface area contributed by atoms with E-state index >= 15 is 0 Å². The number of rotatable bonds is 5. The van der Waals surface area contributed by atoms with Crippen LogP contribution in [0.25, 0.3) is 0 Å². The summed E-state index contributed by atoms with van der Waals surface area (Å²) in [6.45, 7) is 14.1. The summed E-state index contributed by atoms with van der Waals surface area (Å²) in [5.41, 5.74) is 4.20. The molecule has 0 aliphatic carbocycles. The monoisotopic (exact) mass is 270 g/mol. The summed E-state index contributed by atoms with van der Waals surface area (Å²) in [4.78, 5) is 6.18. The molecule has 3 heteroatoms. The van der Waals surface area contributed by atoms with Crippen molar-refractivity contribution < 1.29 is 4.57 Å². The lowest BCUT2D eigenvalue weighted by Crippen LogP contribution is -2.40. The third-order valence-corrected chi connectivity index (χ3v) is 3.44. The van der Waals surface area contributed by atoms with E-state index in [2.05, 4.69) is 53.6 Å². The number of pyridine rings is 1. The zero-order valence-corrected chi connectivity index (χ0v) is 13.1. The van der Waals surface area contributed by atoms with Crippen molar-refractivity contribution in [3.63, 3.8) is 0 Å². The molecule has 106 valence electrons. The highest BCUT2D eigenvalue weighted by Crippen LogP contribution is 2.22. The summed E-state index contributed by atoms with van der Waals surface area (Å²) >= 11 is 0. The second kappa shape index (κ2) is 6.85. The van der Waals surface area contributed by atoms with Gasteiger partial charge in [0, 0.05) is 24.9 Å². The molecule has 0 saturated carbocycles. The van der Waals surface area contributed by atoms with Gasteiger partial charge in [0.15, 0.2) is 0 Å². The normalized spacial score (nSPS) is 12.2. The van der Waals surface area contributed by atoms with Gasteiger partial charge in [0.25, 0.3) is 5.82 Å². The van der Waals surface area contributed by atoms with Gasteiger partial charge < -0.3 is 0 Å². The quantitative estimate of drug-likeness (QED) is 0.456. The number of hydrogen-bond donors (Lipinski definition) is 0. The number of aryl methyl sites for hydroxylation is 1. The van der Waals surface area contributed by atoms with Gasteiger partial charge in [-0.25, -0.2) is 4.57 Å². The van der Waals surface area contributed by atoms with Crippen molar-refractivity contribution in [3.05, 3.63) is 60.1 Å². The van der Waals surface area contributed by atoms with E-state index in [1.807, 2.05) is 26.3 Å². The highest BCUT2D eigenvalue weighted by Gasteiger charge is 2.24. The fourth-order valence-corrected chi connectivity index (χ4v) is 1.99. The lowest BCUT2D eigenvalue weighted by molar-refractivity contribution is -0.664. The molecule has 0 unspecified atom stereocenters. The van der Waals surface area contributed by atoms with Crippen LogP contribution >= 0.6 is 0 Å². The molecule has 1 rings (SSSR count). The minimum Gasteiger partial charge on any atom is -0.296 e. The maximum Gasteiger partial charge on any atom is 0.286 e. The molecule has 1 heterocycles. The summed E-state index contributed by atoms with van der Waals surface area (Å²) in [5.74, 6) is 1.05. The molecule has 0 atom stereocenters. The molecular formula is C17H24N3+. The first-order valence-corrected chi connectivity index (χ1v) is 6.60. The van der Waals surface area contributed by atoms with Gasteiger partial charge in [-0.15, -0.1) is 0 Å². The van der Waals surface area contributed by atoms with Crippen LogP contribution < -0.4 is 9.47 Å². The molecule has 3 nitrogen and oxygen atoms in total. The molecule has 1 aromatic heterocycles. The second-order valence-electron chi connectivity index (χ2n) is 4.77. The lowest BCUT2D eigenvalue weighted by atomic mass is 10.2. The molecule has 0 aliphatic heterocycles. The van der Waals surface area contributed by atoms with E-state index in [0.717, 1.165) is 22.8 Å². The largest absolute Gasteiger partial charge is 0.296 e.